The fourth-order valence-corrected chi connectivity index (χ4v) is 8.38. The Balaban J connectivity index is 1.53. The summed E-state index contributed by atoms with van der Waals surface area (Å²) in [6.45, 7) is -0.776. The molecule has 38 heavy (non-hydrogen) atoms. The van der Waals surface area contributed by atoms with Gasteiger partial charge in [-0.3, -0.25) is 4.79 Å². The van der Waals surface area contributed by atoms with Crippen LogP contribution in [0.2, 0.25) is 5.02 Å². The Morgan fingerprint density at radius 2 is 1.74 bits per heavy atom. The van der Waals surface area contributed by atoms with Gasteiger partial charge in [-0.2, -0.15) is 0 Å². The number of rotatable bonds is 9. The van der Waals surface area contributed by atoms with Crippen LogP contribution in [-0.2, 0) is 14.6 Å². The van der Waals surface area contributed by atoms with E-state index < -0.39 is 68.6 Å². The number of hydrogen-bond acceptors (Lipinski definition) is 7. The molecule has 2 aliphatic carbocycles. The summed E-state index contributed by atoms with van der Waals surface area (Å²) >= 11 is 6.24. The number of carbonyl (C=O) groups excluding carboxylic acids is 1. The third-order valence-corrected chi connectivity index (χ3v) is 9.99. The predicted octanol–water partition coefficient (Wildman–Crippen LogP) is 3.07. The van der Waals surface area contributed by atoms with Crippen LogP contribution in [0.25, 0.3) is 0 Å². The van der Waals surface area contributed by atoms with Crippen molar-refractivity contribution in [3.63, 3.8) is 0 Å². The van der Waals surface area contributed by atoms with Crippen molar-refractivity contribution in [3.8, 4) is 0 Å². The average Bonchev–Trinajstić information content (AvgIpc) is 3.15. The van der Waals surface area contributed by atoms with E-state index in [0.717, 1.165) is 6.07 Å². The molecule has 4 rings (SSSR count). The smallest absolute Gasteiger partial charge is 0.255 e. The molecular formula is C25H27ClF3NO7S. The lowest BCUT2D eigenvalue weighted by Crippen LogP contribution is -2.48. The zero-order chi connectivity index (χ0) is 27.8. The summed E-state index contributed by atoms with van der Waals surface area (Å²) in [6, 6.07) is 4.76. The standard InChI is InChI=1S/C25H27ClF3NO7S/c26-18-4-3-13(24(33)30-16-6-19(27)22(29)20(28)7-16)5-21(18)38(35,36)23-14-1-2-15(23)9-25(34,8-14)12-37-11-17(32)10-31/h3-7,14-15,17,23,31-32,34H,1-2,8-12H2,(H,30,33)/t14?,15?,17?,23-,25-. The van der Waals surface area contributed by atoms with Gasteiger partial charge in [0.2, 0.25) is 0 Å². The maximum atomic E-state index is 13.8. The van der Waals surface area contributed by atoms with Crippen LogP contribution in [0.15, 0.2) is 35.2 Å². The van der Waals surface area contributed by atoms with Crippen LogP contribution in [0.4, 0.5) is 18.9 Å². The molecule has 4 N–H and O–H groups in total. The molecule has 0 saturated heterocycles. The third kappa shape index (κ3) is 5.85. The molecule has 2 aliphatic rings. The Kier molecular flexibility index (Phi) is 8.41. The highest BCUT2D eigenvalue weighted by atomic mass is 35.5. The lowest BCUT2D eigenvalue weighted by Gasteiger charge is -2.40. The van der Waals surface area contributed by atoms with Gasteiger partial charge in [0.1, 0.15) is 6.10 Å². The fourth-order valence-electron chi connectivity index (χ4n) is 5.54. The highest BCUT2D eigenvalue weighted by Crippen LogP contribution is 2.51. The number of carbonyl (C=O) groups is 1. The number of halogens is 4. The molecule has 0 spiro atoms. The van der Waals surface area contributed by atoms with Gasteiger partial charge in [0, 0.05) is 23.4 Å². The molecule has 2 aromatic carbocycles. The van der Waals surface area contributed by atoms with Gasteiger partial charge in [-0.15, -0.1) is 0 Å². The van der Waals surface area contributed by atoms with Crippen molar-refractivity contribution in [3.05, 3.63) is 58.4 Å². The normalized spacial score (nSPS) is 25.8. The van der Waals surface area contributed by atoms with E-state index in [1.807, 2.05) is 0 Å². The van der Waals surface area contributed by atoms with E-state index in [1.165, 1.54) is 12.1 Å². The van der Waals surface area contributed by atoms with Gasteiger partial charge in [-0.25, -0.2) is 21.6 Å². The molecule has 3 atom stereocenters. The van der Waals surface area contributed by atoms with E-state index in [-0.39, 0.29) is 47.2 Å². The predicted molar refractivity (Wildman–Crippen MR) is 131 cm³/mol. The molecule has 0 heterocycles. The quantitative estimate of drug-likeness (QED) is 0.337. The van der Waals surface area contributed by atoms with Crippen LogP contribution in [0, 0.1) is 29.3 Å². The summed E-state index contributed by atoms with van der Waals surface area (Å²) in [4.78, 5) is 12.4. The summed E-state index contributed by atoms with van der Waals surface area (Å²) in [5.41, 5.74) is -1.80. The van der Waals surface area contributed by atoms with E-state index in [4.69, 9.17) is 21.4 Å². The minimum atomic E-state index is -4.07. The number of aliphatic hydroxyl groups is 3. The first-order chi connectivity index (χ1) is 17.8. The van der Waals surface area contributed by atoms with Crippen LogP contribution < -0.4 is 5.32 Å². The molecule has 2 saturated carbocycles. The lowest BCUT2D eigenvalue weighted by molar-refractivity contribution is -0.0986. The Morgan fingerprint density at radius 3 is 2.32 bits per heavy atom. The molecule has 13 heteroatoms. The molecule has 3 unspecified atom stereocenters. The molecule has 208 valence electrons. The molecule has 0 radical (unpaired) electrons. The number of amides is 1. The molecule has 0 aromatic heterocycles. The molecule has 2 aromatic rings. The number of ether oxygens (including phenoxy) is 1. The number of hydrogen-bond donors (Lipinski definition) is 4. The summed E-state index contributed by atoms with van der Waals surface area (Å²) in [7, 11) is -4.07. The van der Waals surface area contributed by atoms with Crippen molar-refractivity contribution in [2.45, 2.75) is 47.5 Å². The molecule has 2 bridgehead atoms. The minimum Gasteiger partial charge on any atom is -0.394 e. The van der Waals surface area contributed by atoms with E-state index in [0.29, 0.717) is 25.0 Å². The van der Waals surface area contributed by atoms with Crippen molar-refractivity contribution < 1.29 is 46.4 Å². The summed E-state index contributed by atoms with van der Waals surface area (Å²) in [5, 5.41) is 30.6. The number of anilines is 1. The number of nitrogens with one attached hydrogen (secondary N) is 1. The van der Waals surface area contributed by atoms with Crippen molar-refractivity contribution in [2.24, 2.45) is 11.8 Å². The van der Waals surface area contributed by atoms with E-state index in [2.05, 4.69) is 5.32 Å². The first-order valence-corrected chi connectivity index (χ1v) is 13.9. The second-order valence-corrected chi connectivity index (χ2v) is 12.4. The lowest BCUT2D eigenvalue weighted by atomic mass is 9.77. The van der Waals surface area contributed by atoms with Crippen LogP contribution in [0.3, 0.4) is 0 Å². The van der Waals surface area contributed by atoms with Gasteiger partial charge >= 0.3 is 0 Å². The number of benzene rings is 2. The number of sulfone groups is 1. The first-order valence-electron chi connectivity index (χ1n) is 11.9. The Bertz CT molecular complexity index is 1290. The van der Waals surface area contributed by atoms with Crippen LogP contribution in [0.5, 0.6) is 0 Å². The second-order valence-electron chi connectivity index (χ2n) is 9.94. The monoisotopic (exact) mass is 577 g/mol. The molecular weight excluding hydrogens is 551 g/mol. The Morgan fingerprint density at radius 1 is 1.13 bits per heavy atom. The van der Waals surface area contributed by atoms with Crippen molar-refractivity contribution >= 4 is 33.0 Å². The van der Waals surface area contributed by atoms with Crippen molar-refractivity contribution in [2.75, 3.05) is 25.1 Å². The Labute approximate surface area is 222 Å². The first kappa shape index (κ1) is 28.8. The van der Waals surface area contributed by atoms with E-state index in [1.54, 1.807) is 0 Å². The van der Waals surface area contributed by atoms with E-state index in [9.17, 15) is 36.6 Å². The fraction of sp³-hybridized carbons (Fsp3) is 0.480. The van der Waals surface area contributed by atoms with Gasteiger partial charge < -0.3 is 25.4 Å². The van der Waals surface area contributed by atoms with Gasteiger partial charge in [-0.05, 0) is 55.7 Å². The summed E-state index contributed by atoms with van der Waals surface area (Å²) in [6.07, 6.45) is 0.301. The van der Waals surface area contributed by atoms with Crippen molar-refractivity contribution in [1.82, 2.24) is 0 Å². The maximum Gasteiger partial charge on any atom is 0.255 e. The molecule has 0 aliphatic heterocycles. The van der Waals surface area contributed by atoms with Gasteiger partial charge in [0.25, 0.3) is 5.91 Å². The van der Waals surface area contributed by atoms with Gasteiger partial charge in [-0.1, -0.05) is 11.6 Å². The molecule has 1 amide bonds. The SMILES string of the molecule is O=C(Nc1cc(F)c(F)c(F)c1)c1ccc(Cl)c(S(=O)(=O)[C@H]2C3CCC2C[C@](O)(COCC(O)CO)C3)c1. The summed E-state index contributed by atoms with van der Waals surface area (Å²) < 4.78 is 73.1. The average molecular weight is 578 g/mol. The van der Waals surface area contributed by atoms with E-state index >= 15 is 0 Å². The van der Waals surface area contributed by atoms with Crippen LogP contribution in [-0.4, -0.2) is 66.4 Å². The largest absolute Gasteiger partial charge is 0.394 e. The zero-order valence-corrected chi connectivity index (χ0v) is 21.6. The van der Waals surface area contributed by atoms with Crippen LogP contribution >= 0.6 is 11.6 Å². The second kappa shape index (κ2) is 11.1. The topological polar surface area (TPSA) is 133 Å². The van der Waals surface area contributed by atoms with Crippen molar-refractivity contribution in [1.29, 1.82) is 0 Å². The maximum absolute atomic E-state index is 13.8. The minimum absolute atomic E-state index is 0.109. The zero-order valence-electron chi connectivity index (χ0n) is 20.0. The highest BCUT2D eigenvalue weighted by molar-refractivity contribution is 7.92. The van der Waals surface area contributed by atoms with Crippen LogP contribution in [0.1, 0.15) is 36.0 Å². The number of aliphatic hydroxyl groups excluding tert-OH is 2. The number of fused-ring (bicyclic) bond motifs is 2. The highest BCUT2D eigenvalue weighted by Gasteiger charge is 2.54. The molecule has 8 nitrogen and oxygen atoms in total. The molecule has 2 fully saturated rings. The Hall–Kier alpha value is -2.22. The van der Waals surface area contributed by atoms with Gasteiger partial charge in [0.05, 0.1) is 40.6 Å². The third-order valence-electron chi connectivity index (χ3n) is 7.11. The summed E-state index contributed by atoms with van der Waals surface area (Å²) in [5.74, 6) is -6.38. The van der Waals surface area contributed by atoms with Gasteiger partial charge in [0.15, 0.2) is 27.3 Å².